The van der Waals surface area contributed by atoms with Crippen LogP contribution >= 0.6 is 0 Å². The predicted molar refractivity (Wildman–Crippen MR) is 56.1 cm³/mol. The topological polar surface area (TPSA) is 32.7 Å². The lowest BCUT2D eigenvalue weighted by Gasteiger charge is -2.13. The van der Waals surface area contributed by atoms with E-state index in [1.807, 2.05) is 0 Å². The Bertz CT molecular complexity index is 485. The first kappa shape index (κ1) is 10.7. The Hall–Kier alpha value is -1.78. The Labute approximate surface area is 91.4 Å². The highest BCUT2D eigenvalue weighted by Gasteiger charge is 2.32. The van der Waals surface area contributed by atoms with Crippen LogP contribution in [-0.2, 0) is 4.79 Å². The Morgan fingerprint density at radius 3 is 2.56 bits per heavy atom. The van der Waals surface area contributed by atoms with Crippen molar-refractivity contribution in [3.8, 4) is 0 Å². The molecule has 16 heavy (non-hydrogen) atoms. The number of anilines is 1. The molecule has 0 spiro atoms. The first-order valence-electron chi connectivity index (χ1n) is 4.85. The monoisotopic (exact) mass is 224 g/mol. The van der Waals surface area contributed by atoms with E-state index in [1.54, 1.807) is 13.8 Å². The highest BCUT2D eigenvalue weighted by atomic mass is 19.1. The summed E-state index contributed by atoms with van der Waals surface area (Å²) in [6.07, 6.45) is 0. The van der Waals surface area contributed by atoms with E-state index in [2.05, 4.69) is 5.10 Å². The maximum atomic E-state index is 13.4. The summed E-state index contributed by atoms with van der Waals surface area (Å²) in [4.78, 5) is 11.7. The first-order valence-corrected chi connectivity index (χ1v) is 4.85. The molecule has 0 N–H and O–H groups in total. The summed E-state index contributed by atoms with van der Waals surface area (Å²) < 4.78 is 26.1. The number of hydrogen-bond acceptors (Lipinski definition) is 2. The molecule has 1 amide bonds. The molecule has 0 fully saturated rings. The molecule has 1 aliphatic rings. The SMILES string of the molecule is CC1=NN(c2ccc(F)cc2F)C(=O)C1C. The van der Waals surface area contributed by atoms with Crippen molar-refractivity contribution in [3.05, 3.63) is 29.8 Å². The third-order valence-corrected chi connectivity index (χ3v) is 2.60. The van der Waals surface area contributed by atoms with E-state index in [9.17, 15) is 13.6 Å². The van der Waals surface area contributed by atoms with Crippen molar-refractivity contribution in [2.24, 2.45) is 11.0 Å². The number of carbonyl (C=O) groups excluding carboxylic acids is 1. The van der Waals surface area contributed by atoms with Gasteiger partial charge in [-0.15, -0.1) is 0 Å². The van der Waals surface area contributed by atoms with Gasteiger partial charge in [0.05, 0.1) is 5.92 Å². The van der Waals surface area contributed by atoms with Gasteiger partial charge >= 0.3 is 0 Å². The van der Waals surface area contributed by atoms with Crippen molar-refractivity contribution in [2.75, 3.05) is 5.01 Å². The highest BCUT2D eigenvalue weighted by molar-refractivity contribution is 6.14. The van der Waals surface area contributed by atoms with E-state index in [4.69, 9.17) is 0 Å². The van der Waals surface area contributed by atoms with E-state index >= 15 is 0 Å². The maximum absolute atomic E-state index is 13.4. The minimum atomic E-state index is -0.793. The Balaban J connectivity index is 2.43. The third-order valence-electron chi connectivity index (χ3n) is 2.60. The minimum Gasteiger partial charge on any atom is -0.272 e. The van der Waals surface area contributed by atoms with Gasteiger partial charge in [-0.25, -0.2) is 8.78 Å². The number of halogens is 2. The van der Waals surface area contributed by atoms with Gasteiger partial charge in [-0.1, -0.05) is 0 Å². The summed E-state index contributed by atoms with van der Waals surface area (Å²) in [5, 5.41) is 4.93. The molecule has 0 saturated heterocycles. The molecule has 1 atom stereocenters. The second-order valence-corrected chi connectivity index (χ2v) is 3.71. The molecule has 5 heteroatoms. The number of amides is 1. The predicted octanol–water partition coefficient (Wildman–Crippen LogP) is 2.32. The van der Waals surface area contributed by atoms with Gasteiger partial charge in [-0.2, -0.15) is 10.1 Å². The first-order chi connectivity index (χ1) is 7.50. The van der Waals surface area contributed by atoms with Crippen LogP contribution in [0.15, 0.2) is 23.3 Å². The zero-order valence-electron chi connectivity index (χ0n) is 8.87. The molecule has 0 radical (unpaired) electrons. The maximum Gasteiger partial charge on any atom is 0.256 e. The second-order valence-electron chi connectivity index (χ2n) is 3.71. The molecule has 1 aliphatic heterocycles. The van der Waals surface area contributed by atoms with Crippen molar-refractivity contribution in [3.63, 3.8) is 0 Å². The van der Waals surface area contributed by atoms with Crippen LogP contribution < -0.4 is 5.01 Å². The molecule has 1 aromatic carbocycles. The van der Waals surface area contributed by atoms with Crippen LogP contribution in [0.3, 0.4) is 0 Å². The van der Waals surface area contributed by atoms with Crippen molar-refractivity contribution in [1.82, 2.24) is 0 Å². The fraction of sp³-hybridized carbons (Fsp3) is 0.273. The van der Waals surface area contributed by atoms with E-state index in [0.29, 0.717) is 5.71 Å². The van der Waals surface area contributed by atoms with Crippen LogP contribution in [0.2, 0.25) is 0 Å². The van der Waals surface area contributed by atoms with Crippen LogP contribution in [0.4, 0.5) is 14.5 Å². The summed E-state index contributed by atoms with van der Waals surface area (Å²) in [5.41, 5.74) is 0.601. The number of nitrogens with zero attached hydrogens (tertiary/aromatic N) is 2. The molecule has 0 saturated carbocycles. The molecular formula is C11H10F2N2O. The number of rotatable bonds is 1. The van der Waals surface area contributed by atoms with Gasteiger partial charge < -0.3 is 0 Å². The fourth-order valence-corrected chi connectivity index (χ4v) is 1.48. The third kappa shape index (κ3) is 1.58. The average molecular weight is 224 g/mol. The molecule has 3 nitrogen and oxygen atoms in total. The quantitative estimate of drug-likeness (QED) is 0.720. The lowest BCUT2D eigenvalue weighted by molar-refractivity contribution is -0.119. The summed E-state index contributed by atoms with van der Waals surface area (Å²) in [7, 11) is 0. The number of carbonyl (C=O) groups is 1. The molecule has 1 heterocycles. The van der Waals surface area contributed by atoms with E-state index in [-0.39, 0.29) is 17.5 Å². The molecule has 0 bridgehead atoms. The van der Waals surface area contributed by atoms with Gasteiger partial charge in [0.25, 0.3) is 5.91 Å². The summed E-state index contributed by atoms with van der Waals surface area (Å²) in [6, 6.07) is 3.04. The lowest BCUT2D eigenvalue weighted by Crippen LogP contribution is -2.25. The van der Waals surface area contributed by atoms with Gasteiger partial charge in [0.15, 0.2) is 5.82 Å². The van der Waals surface area contributed by atoms with Crippen LogP contribution in [0, 0.1) is 17.6 Å². The zero-order chi connectivity index (χ0) is 11.9. The molecule has 1 aromatic rings. The summed E-state index contributed by atoms with van der Waals surface area (Å²) >= 11 is 0. The Kier molecular flexibility index (Phi) is 2.46. The minimum absolute atomic E-state index is 0.0184. The average Bonchev–Trinajstić information content (AvgIpc) is 2.46. The molecule has 0 aliphatic carbocycles. The van der Waals surface area contributed by atoms with Crippen molar-refractivity contribution < 1.29 is 13.6 Å². The molecular weight excluding hydrogens is 214 g/mol. The Morgan fingerprint density at radius 1 is 1.38 bits per heavy atom. The zero-order valence-corrected chi connectivity index (χ0v) is 8.87. The van der Waals surface area contributed by atoms with E-state index in [0.717, 1.165) is 17.1 Å². The smallest absolute Gasteiger partial charge is 0.256 e. The van der Waals surface area contributed by atoms with Crippen molar-refractivity contribution >= 4 is 17.3 Å². The van der Waals surface area contributed by atoms with Crippen LogP contribution in [0.1, 0.15) is 13.8 Å². The number of hydrogen-bond donors (Lipinski definition) is 0. The van der Waals surface area contributed by atoms with Gasteiger partial charge in [0, 0.05) is 11.8 Å². The van der Waals surface area contributed by atoms with Crippen molar-refractivity contribution in [1.29, 1.82) is 0 Å². The largest absolute Gasteiger partial charge is 0.272 e. The van der Waals surface area contributed by atoms with Crippen LogP contribution in [0.25, 0.3) is 0 Å². The summed E-state index contributed by atoms with van der Waals surface area (Å²) in [6.45, 7) is 3.40. The van der Waals surface area contributed by atoms with Gasteiger partial charge in [-0.3, -0.25) is 4.79 Å². The van der Waals surface area contributed by atoms with Gasteiger partial charge in [0.2, 0.25) is 0 Å². The standard InChI is InChI=1S/C11H10F2N2O/c1-6-7(2)14-15(11(6)16)10-4-3-8(12)5-9(10)13/h3-6H,1-2H3. The van der Waals surface area contributed by atoms with Crippen LogP contribution in [-0.4, -0.2) is 11.6 Å². The lowest BCUT2D eigenvalue weighted by atomic mass is 10.1. The van der Waals surface area contributed by atoms with Gasteiger partial charge in [-0.05, 0) is 26.0 Å². The van der Waals surface area contributed by atoms with Crippen LogP contribution in [0.5, 0.6) is 0 Å². The van der Waals surface area contributed by atoms with Gasteiger partial charge in [0.1, 0.15) is 11.5 Å². The van der Waals surface area contributed by atoms with Crippen molar-refractivity contribution in [2.45, 2.75) is 13.8 Å². The normalized spacial score (nSPS) is 20.2. The number of benzene rings is 1. The summed E-state index contributed by atoms with van der Waals surface area (Å²) in [5.74, 6) is -2.13. The molecule has 84 valence electrons. The highest BCUT2D eigenvalue weighted by Crippen LogP contribution is 2.26. The van der Waals surface area contributed by atoms with E-state index in [1.165, 1.54) is 6.07 Å². The second kappa shape index (κ2) is 3.66. The molecule has 1 unspecified atom stereocenters. The number of hydrazone groups is 1. The van der Waals surface area contributed by atoms with E-state index < -0.39 is 11.6 Å². The molecule has 0 aromatic heterocycles. The Morgan fingerprint density at radius 2 is 2.06 bits per heavy atom. The fourth-order valence-electron chi connectivity index (χ4n) is 1.48. The molecule has 2 rings (SSSR count).